The third kappa shape index (κ3) is 5.03. The largest absolute Gasteiger partial charge is 0.450 e. The second kappa shape index (κ2) is 7.53. The Labute approximate surface area is 113 Å². The summed E-state index contributed by atoms with van der Waals surface area (Å²) in [7, 11) is 0. The molecule has 1 atom stereocenters. The Balaban J connectivity index is 2.43. The van der Waals surface area contributed by atoms with Crippen molar-refractivity contribution in [2.45, 2.75) is 17.1 Å². The Morgan fingerprint density at radius 1 is 1.75 bits per heavy atom. The van der Waals surface area contributed by atoms with Gasteiger partial charge in [0.15, 0.2) is 0 Å². The summed E-state index contributed by atoms with van der Waals surface area (Å²) < 4.78 is 5.66. The van der Waals surface area contributed by atoms with Gasteiger partial charge in [0, 0.05) is 5.75 Å². The van der Waals surface area contributed by atoms with Crippen LogP contribution in [0.15, 0.2) is 4.99 Å². The van der Waals surface area contributed by atoms with E-state index in [1.165, 1.54) is 11.8 Å². The molecule has 0 aromatic heterocycles. The van der Waals surface area contributed by atoms with Crippen molar-refractivity contribution in [2.75, 3.05) is 18.9 Å². The van der Waals surface area contributed by atoms with E-state index in [9.17, 15) is 4.79 Å². The Bertz CT molecular complexity index is 277. The first-order valence-electron chi connectivity index (χ1n) is 4.68. The SMILES string of the molecule is CCOC(=O)N[C@H](SC1=NCCS1)C(Cl)Cl. The average Bonchev–Trinajstić information content (AvgIpc) is 2.69. The lowest BCUT2D eigenvalue weighted by Crippen LogP contribution is -2.37. The predicted molar refractivity (Wildman–Crippen MR) is 71.8 cm³/mol. The first-order chi connectivity index (χ1) is 7.63. The summed E-state index contributed by atoms with van der Waals surface area (Å²) in [6, 6.07) is 0. The van der Waals surface area contributed by atoms with Crippen molar-refractivity contribution in [3.63, 3.8) is 0 Å². The number of hydrogen-bond acceptors (Lipinski definition) is 5. The van der Waals surface area contributed by atoms with E-state index >= 15 is 0 Å². The summed E-state index contributed by atoms with van der Waals surface area (Å²) in [5.74, 6) is 0.962. The monoisotopic (exact) mass is 302 g/mol. The van der Waals surface area contributed by atoms with Crippen LogP contribution in [-0.4, -0.2) is 39.6 Å². The fourth-order valence-electron chi connectivity index (χ4n) is 0.928. The van der Waals surface area contributed by atoms with E-state index in [4.69, 9.17) is 27.9 Å². The number of ether oxygens (including phenoxy) is 1. The molecule has 0 saturated heterocycles. The number of alkyl halides is 2. The lowest BCUT2D eigenvalue weighted by molar-refractivity contribution is 0.151. The van der Waals surface area contributed by atoms with Crippen molar-refractivity contribution in [3.8, 4) is 0 Å². The molecule has 1 heterocycles. The Hall–Kier alpha value is 0.220. The molecule has 0 radical (unpaired) electrons. The number of carbonyl (C=O) groups is 1. The number of alkyl carbamates (subject to hydrolysis) is 1. The van der Waals surface area contributed by atoms with E-state index in [1.807, 2.05) is 0 Å². The number of nitrogens with zero attached hydrogens (tertiary/aromatic N) is 1. The summed E-state index contributed by atoms with van der Waals surface area (Å²) in [6.45, 7) is 2.85. The molecule has 1 aliphatic heterocycles. The smallest absolute Gasteiger partial charge is 0.408 e. The van der Waals surface area contributed by atoms with Crippen LogP contribution in [0.1, 0.15) is 6.92 Å². The van der Waals surface area contributed by atoms with Gasteiger partial charge in [-0.25, -0.2) is 4.79 Å². The lowest BCUT2D eigenvalue weighted by Gasteiger charge is -2.18. The summed E-state index contributed by atoms with van der Waals surface area (Å²) in [6.07, 6.45) is -0.519. The number of aliphatic imine (C=N–C) groups is 1. The van der Waals surface area contributed by atoms with E-state index in [-0.39, 0.29) is 0 Å². The number of thioether (sulfide) groups is 2. The highest BCUT2D eigenvalue weighted by Gasteiger charge is 2.24. The maximum absolute atomic E-state index is 11.2. The Morgan fingerprint density at radius 2 is 2.50 bits per heavy atom. The maximum Gasteiger partial charge on any atom is 0.408 e. The van der Waals surface area contributed by atoms with Gasteiger partial charge in [-0.2, -0.15) is 0 Å². The molecule has 0 aromatic rings. The molecular formula is C8H12Cl2N2O2S2. The molecule has 1 aliphatic rings. The van der Waals surface area contributed by atoms with Gasteiger partial charge < -0.3 is 10.1 Å². The highest BCUT2D eigenvalue weighted by molar-refractivity contribution is 8.39. The van der Waals surface area contributed by atoms with Gasteiger partial charge in [-0.15, -0.1) is 23.2 Å². The molecule has 1 rings (SSSR count). The maximum atomic E-state index is 11.2. The van der Waals surface area contributed by atoms with E-state index in [0.717, 1.165) is 16.7 Å². The Morgan fingerprint density at radius 3 is 3.00 bits per heavy atom. The molecular weight excluding hydrogens is 291 g/mol. The van der Waals surface area contributed by atoms with Crippen LogP contribution in [0.5, 0.6) is 0 Å². The zero-order valence-corrected chi connectivity index (χ0v) is 11.8. The summed E-state index contributed by atoms with van der Waals surface area (Å²) in [5, 5.41) is 2.15. The highest BCUT2D eigenvalue weighted by atomic mass is 35.5. The molecule has 0 aromatic carbocycles. The van der Waals surface area contributed by atoms with Gasteiger partial charge in [-0.05, 0) is 6.92 Å². The average molecular weight is 303 g/mol. The molecule has 92 valence electrons. The van der Waals surface area contributed by atoms with Crippen LogP contribution >= 0.6 is 46.7 Å². The number of rotatable bonds is 4. The van der Waals surface area contributed by atoms with Gasteiger partial charge in [0.25, 0.3) is 0 Å². The minimum atomic E-state index is -0.710. The standard InChI is InChI=1S/C8H12Cl2N2O2S2/c1-2-14-7(13)12-6(5(9)10)16-8-11-3-4-15-8/h5-6H,2-4H2,1H3,(H,12,13)/t6-/m1/s1. The van der Waals surface area contributed by atoms with Crippen LogP contribution in [0.25, 0.3) is 0 Å². The molecule has 0 bridgehead atoms. The lowest BCUT2D eigenvalue weighted by atomic mass is 10.7. The van der Waals surface area contributed by atoms with Crippen molar-refractivity contribution in [3.05, 3.63) is 0 Å². The number of nitrogens with one attached hydrogen (secondary N) is 1. The second-order valence-electron chi connectivity index (χ2n) is 2.73. The molecule has 8 heteroatoms. The number of hydrogen-bond donors (Lipinski definition) is 1. The topological polar surface area (TPSA) is 50.7 Å². The normalized spacial score (nSPS) is 17.1. The van der Waals surface area contributed by atoms with Gasteiger partial charge in [0.05, 0.1) is 13.2 Å². The molecule has 1 N–H and O–H groups in total. The molecule has 4 nitrogen and oxygen atoms in total. The fraction of sp³-hybridized carbons (Fsp3) is 0.750. The van der Waals surface area contributed by atoms with E-state index in [0.29, 0.717) is 6.61 Å². The van der Waals surface area contributed by atoms with E-state index in [1.54, 1.807) is 18.7 Å². The first kappa shape index (κ1) is 14.3. The van der Waals surface area contributed by atoms with Gasteiger partial charge in [-0.1, -0.05) is 23.5 Å². The minimum Gasteiger partial charge on any atom is -0.450 e. The molecule has 16 heavy (non-hydrogen) atoms. The molecule has 0 aliphatic carbocycles. The zero-order valence-electron chi connectivity index (χ0n) is 8.61. The van der Waals surface area contributed by atoms with E-state index in [2.05, 4.69) is 10.3 Å². The van der Waals surface area contributed by atoms with Crippen LogP contribution < -0.4 is 5.32 Å². The number of halogens is 2. The van der Waals surface area contributed by atoms with Crippen molar-refractivity contribution in [1.29, 1.82) is 0 Å². The van der Waals surface area contributed by atoms with Gasteiger partial charge in [0.2, 0.25) is 0 Å². The predicted octanol–water partition coefficient (Wildman–Crippen LogP) is 2.70. The third-order valence-electron chi connectivity index (χ3n) is 1.55. The molecule has 0 fully saturated rings. The van der Waals surface area contributed by atoms with Crippen LogP contribution in [0.4, 0.5) is 4.79 Å². The van der Waals surface area contributed by atoms with Crippen LogP contribution in [-0.2, 0) is 4.74 Å². The van der Waals surface area contributed by atoms with E-state index < -0.39 is 16.3 Å². The highest BCUT2D eigenvalue weighted by Crippen LogP contribution is 2.29. The van der Waals surface area contributed by atoms with Crippen molar-refractivity contribution < 1.29 is 9.53 Å². The molecule has 1 amide bonds. The van der Waals surface area contributed by atoms with Crippen LogP contribution in [0.2, 0.25) is 0 Å². The Kier molecular flexibility index (Phi) is 6.72. The fourth-order valence-corrected chi connectivity index (χ4v) is 3.38. The quantitative estimate of drug-likeness (QED) is 0.641. The summed E-state index contributed by atoms with van der Waals surface area (Å²) in [5.41, 5.74) is 0. The first-order valence-corrected chi connectivity index (χ1v) is 7.42. The van der Waals surface area contributed by atoms with Crippen LogP contribution in [0, 0.1) is 0 Å². The van der Waals surface area contributed by atoms with Gasteiger partial charge in [0.1, 0.15) is 14.6 Å². The zero-order chi connectivity index (χ0) is 12.0. The van der Waals surface area contributed by atoms with Crippen molar-refractivity contribution in [1.82, 2.24) is 5.32 Å². The van der Waals surface area contributed by atoms with Gasteiger partial charge in [-0.3, -0.25) is 4.99 Å². The number of carbonyl (C=O) groups excluding carboxylic acids is 1. The molecule has 0 spiro atoms. The molecule has 0 unspecified atom stereocenters. The second-order valence-corrected chi connectivity index (χ2v) is 6.37. The summed E-state index contributed by atoms with van der Waals surface area (Å²) in [4.78, 5) is 14.8. The van der Waals surface area contributed by atoms with Gasteiger partial charge >= 0.3 is 6.09 Å². The number of amides is 1. The van der Waals surface area contributed by atoms with Crippen molar-refractivity contribution >= 4 is 57.2 Å². The van der Waals surface area contributed by atoms with Crippen molar-refractivity contribution in [2.24, 2.45) is 4.99 Å². The molecule has 0 saturated carbocycles. The minimum absolute atomic E-state index is 0.314. The third-order valence-corrected chi connectivity index (χ3v) is 4.73. The summed E-state index contributed by atoms with van der Waals surface area (Å²) >= 11 is 14.5. The van der Waals surface area contributed by atoms with Crippen LogP contribution in [0.3, 0.4) is 0 Å².